The van der Waals surface area contributed by atoms with Gasteiger partial charge in [-0.3, -0.25) is 4.68 Å². The fraction of sp³-hybridized carbons (Fsp3) is 0.333. The van der Waals surface area contributed by atoms with Gasteiger partial charge in [0.2, 0.25) is 5.95 Å². The quantitative estimate of drug-likeness (QED) is 0.629. The Balaban J connectivity index is 2.02. The maximum Gasteiger partial charge on any atom is 0.222 e. The van der Waals surface area contributed by atoms with Crippen molar-refractivity contribution in [3.05, 3.63) is 35.5 Å². The van der Waals surface area contributed by atoms with Gasteiger partial charge in [-0.05, 0) is 24.6 Å². The molecule has 0 aliphatic rings. The summed E-state index contributed by atoms with van der Waals surface area (Å²) >= 11 is 0. The van der Waals surface area contributed by atoms with Crippen molar-refractivity contribution >= 4 is 22.8 Å². The average molecular weight is 351 g/mol. The van der Waals surface area contributed by atoms with Gasteiger partial charge in [-0.1, -0.05) is 13.3 Å². The van der Waals surface area contributed by atoms with Crippen molar-refractivity contribution in [1.82, 2.24) is 19.7 Å². The molecule has 0 amide bonds. The molecule has 26 heavy (non-hydrogen) atoms. The van der Waals surface area contributed by atoms with E-state index in [0.29, 0.717) is 29.2 Å². The summed E-state index contributed by atoms with van der Waals surface area (Å²) in [6.07, 6.45) is 3.77. The molecule has 8 heteroatoms. The summed E-state index contributed by atoms with van der Waals surface area (Å²) in [6.45, 7) is 3.35. The molecule has 0 aliphatic carbocycles. The minimum Gasteiger partial charge on any atom is -0.496 e. The highest BCUT2D eigenvalue weighted by atomic mass is 16.5. The number of hydrogen-bond donors (Lipinski definition) is 2. The van der Waals surface area contributed by atoms with Crippen molar-refractivity contribution in [2.24, 2.45) is 0 Å². The van der Waals surface area contributed by atoms with Gasteiger partial charge in [0.25, 0.3) is 0 Å². The van der Waals surface area contributed by atoms with Crippen molar-refractivity contribution < 1.29 is 4.74 Å². The zero-order valence-electron chi connectivity index (χ0n) is 14.9. The third kappa shape index (κ3) is 3.52. The molecule has 134 valence electrons. The summed E-state index contributed by atoms with van der Waals surface area (Å²) in [5.74, 6) is 1.57. The van der Waals surface area contributed by atoms with Crippen LogP contribution in [0.3, 0.4) is 0 Å². The molecule has 3 rings (SSSR count). The Kier molecular flexibility index (Phi) is 5.17. The van der Waals surface area contributed by atoms with Gasteiger partial charge in [-0.2, -0.15) is 15.3 Å². The van der Waals surface area contributed by atoms with Crippen molar-refractivity contribution in [2.75, 3.05) is 24.7 Å². The molecule has 0 atom stereocenters. The Morgan fingerprint density at radius 3 is 2.92 bits per heavy atom. The summed E-state index contributed by atoms with van der Waals surface area (Å²) in [5.41, 5.74) is 8.69. The van der Waals surface area contributed by atoms with Crippen LogP contribution in [-0.2, 0) is 6.54 Å². The number of nitrogens with zero attached hydrogens (tertiary/aromatic N) is 5. The van der Waals surface area contributed by atoms with Crippen LogP contribution in [0.25, 0.3) is 11.0 Å². The number of nitrogens with one attached hydrogen (secondary N) is 1. The number of fused-ring (bicyclic) bond motifs is 1. The van der Waals surface area contributed by atoms with E-state index in [1.807, 2.05) is 0 Å². The van der Waals surface area contributed by atoms with E-state index in [1.54, 1.807) is 36.2 Å². The van der Waals surface area contributed by atoms with Gasteiger partial charge >= 0.3 is 0 Å². The van der Waals surface area contributed by atoms with E-state index >= 15 is 0 Å². The third-order valence-electron chi connectivity index (χ3n) is 4.06. The first-order valence-corrected chi connectivity index (χ1v) is 8.46. The second-order valence-electron chi connectivity index (χ2n) is 5.89. The molecule has 3 N–H and O–H groups in total. The van der Waals surface area contributed by atoms with E-state index in [-0.39, 0.29) is 5.95 Å². The molecule has 0 spiro atoms. The van der Waals surface area contributed by atoms with Crippen LogP contribution in [0.5, 0.6) is 5.75 Å². The Labute approximate surface area is 151 Å². The minimum absolute atomic E-state index is 0.208. The molecule has 0 bridgehead atoms. The van der Waals surface area contributed by atoms with Crippen molar-refractivity contribution in [2.45, 2.75) is 26.3 Å². The highest BCUT2D eigenvalue weighted by Crippen LogP contribution is 2.25. The van der Waals surface area contributed by atoms with E-state index < -0.39 is 0 Å². The predicted molar refractivity (Wildman–Crippen MR) is 99.9 cm³/mol. The molecule has 0 radical (unpaired) electrons. The third-order valence-corrected chi connectivity index (χ3v) is 4.06. The zero-order chi connectivity index (χ0) is 18.5. The number of nitrogens with two attached hydrogens (primary N) is 1. The van der Waals surface area contributed by atoms with E-state index in [1.165, 1.54) is 0 Å². The lowest BCUT2D eigenvalue weighted by Crippen LogP contribution is -2.10. The second-order valence-corrected chi connectivity index (χ2v) is 5.89. The predicted octanol–water partition coefficient (Wildman–Crippen LogP) is 2.55. The molecule has 0 saturated heterocycles. The summed E-state index contributed by atoms with van der Waals surface area (Å²) in [7, 11) is 1.60. The zero-order valence-corrected chi connectivity index (χ0v) is 14.9. The fourth-order valence-electron chi connectivity index (χ4n) is 2.78. The summed E-state index contributed by atoms with van der Waals surface area (Å²) in [4.78, 5) is 8.60. The topological polar surface area (TPSA) is 115 Å². The molecule has 0 fully saturated rings. The Bertz CT molecular complexity index is 958. The highest BCUT2D eigenvalue weighted by molar-refractivity contribution is 5.86. The number of ether oxygens (including phenoxy) is 1. The van der Waals surface area contributed by atoms with Gasteiger partial charge in [-0.25, -0.2) is 4.98 Å². The fourth-order valence-corrected chi connectivity index (χ4v) is 2.78. The molecule has 3 aromatic rings. The number of aromatic nitrogens is 4. The number of anilines is 2. The molecule has 2 heterocycles. The first kappa shape index (κ1) is 17.5. The molecule has 2 aromatic heterocycles. The lowest BCUT2D eigenvalue weighted by atomic mass is 10.1. The number of nitrogen functional groups attached to an aromatic ring is 1. The molecule has 0 aliphatic heterocycles. The van der Waals surface area contributed by atoms with Gasteiger partial charge in [0.1, 0.15) is 16.8 Å². The second kappa shape index (κ2) is 7.70. The number of hydrogen-bond acceptors (Lipinski definition) is 7. The monoisotopic (exact) mass is 351 g/mol. The normalized spacial score (nSPS) is 10.7. The van der Waals surface area contributed by atoms with Crippen LogP contribution in [0.15, 0.2) is 24.4 Å². The van der Waals surface area contributed by atoms with Crippen LogP contribution >= 0.6 is 0 Å². The number of rotatable bonds is 7. The van der Waals surface area contributed by atoms with E-state index in [4.69, 9.17) is 15.7 Å². The van der Waals surface area contributed by atoms with Crippen LogP contribution in [-0.4, -0.2) is 33.4 Å². The van der Waals surface area contributed by atoms with E-state index in [9.17, 15) is 0 Å². The lowest BCUT2D eigenvalue weighted by Gasteiger charge is -2.12. The highest BCUT2D eigenvalue weighted by Gasteiger charge is 2.14. The number of benzene rings is 1. The van der Waals surface area contributed by atoms with Crippen LogP contribution in [0, 0.1) is 11.3 Å². The van der Waals surface area contributed by atoms with Gasteiger partial charge in [0.05, 0.1) is 31.5 Å². The SMILES string of the molecule is CCCCNc1nc(N)nc2cnn(Cc3cc(C#N)ccc3OC)c12. The van der Waals surface area contributed by atoms with Gasteiger partial charge in [0.15, 0.2) is 5.82 Å². The summed E-state index contributed by atoms with van der Waals surface area (Å²) in [6, 6.07) is 7.46. The number of unbranched alkanes of at least 4 members (excludes halogenated alkanes) is 1. The van der Waals surface area contributed by atoms with Crippen LogP contribution < -0.4 is 15.8 Å². The van der Waals surface area contributed by atoms with E-state index in [0.717, 1.165) is 30.5 Å². The lowest BCUT2D eigenvalue weighted by molar-refractivity contribution is 0.407. The smallest absolute Gasteiger partial charge is 0.222 e. The molecular weight excluding hydrogens is 330 g/mol. The minimum atomic E-state index is 0.208. The Hall–Kier alpha value is -3.34. The van der Waals surface area contributed by atoms with E-state index in [2.05, 4.69) is 33.4 Å². The largest absolute Gasteiger partial charge is 0.496 e. The van der Waals surface area contributed by atoms with Crippen LogP contribution in [0.2, 0.25) is 0 Å². The molecule has 0 saturated carbocycles. The van der Waals surface area contributed by atoms with Crippen molar-refractivity contribution in [3.8, 4) is 11.8 Å². The van der Waals surface area contributed by atoms with Crippen LogP contribution in [0.1, 0.15) is 30.9 Å². The van der Waals surface area contributed by atoms with Gasteiger partial charge in [-0.15, -0.1) is 0 Å². The number of nitriles is 1. The number of methoxy groups -OCH3 is 1. The van der Waals surface area contributed by atoms with Gasteiger partial charge < -0.3 is 15.8 Å². The van der Waals surface area contributed by atoms with Crippen molar-refractivity contribution in [3.63, 3.8) is 0 Å². The Morgan fingerprint density at radius 2 is 2.19 bits per heavy atom. The van der Waals surface area contributed by atoms with Crippen molar-refractivity contribution in [1.29, 1.82) is 5.26 Å². The summed E-state index contributed by atoms with van der Waals surface area (Å²) < 4.78 is 7.21. The molecule has 0 unspecified atom stereocenters. The Morgan fingerprint density at radius 1 is 1.35 bits per heavy atom. The standard InChI is InChI=1S/C18H21N7O/c1-3-4-7-21-17-16-14(23-18(20)24-17)10-22-25(16)11-13-8-12(9-19)5-6-15(13)26-2/h5-6,8,10H,3-4,7,11H2,1-2H3,(H3,20,21,23,24). The summed E-state index contributed by atoms with van der Waals surface area (Å²) in [5, 5.41) is 16.9. The maximum absolute atomic E-state index is 9.16. The first-order valence-electron chi connectivity index (χ1n) is 8.46. The molecular formula is C18H21N7O. The first-order chi connectivity index (χ1) is 12.7. The van der Waals surface area contributed by atoms with Crippen LogP contribution in [0.4, 0.5) is 11.8 Å². The maximum atomic E-state index is 9.16. The average Bonchev–Trinajstić information content (AvgIpc) is 3.04. The molecule has 1 aromatic carbocycles. The van der Waals surface area contributed by atoms with Gasteiger partial charge in [0, 0.05) is 12.1 Å². The molecule has 8 nitrogen and oxygen atoms in total.